The highest BCUT2D eigenvalue weighted by Gasteiger charge is 2.51. The number of nitrogens with zero attached hydrogens (tertiary/aromatic N) is 2. The van der Waals surface area contributed by atoms with Gasteiger partial charge in [0.2, 0.25) is 12.1 Å². The largest absolute Gasteiger partial charge is 0.328 e. The number of rotatable bonds is 7. The summed E-state index contributed by atoms with van der Waals surface area (Å²) in [6.45, 7) is 3.04. The number of amides is 1. The van der Waals surface area contributed by atoms with Crippen molar-refractivity contribution in [1.29, 1.82) is 0 Å². The summed E-state index contributed by atoms with van der Waals surface area (Å²) in [6.07, 6.45) is 6.22. The molecule has 4 rings (SSSR count). The van der Waals surface area contributed by atoms with Crippen molar-refractivity contribution in [3.8, 4) is 0 Å². The number of aromatic amines is 1. The zero-order valence-corrected chi connectivity index (χ0v) is 17.9. The van der Waals surface area contributed by atoms with Crippen LogP contribution in [-0.2, 0) is 16.1 Å². The molecule has 0 spiro atoms. The van der Waals surface area contributed by atoms with E-state index in [9.17, 15) is 14.4 Å². The van der Waals surface area contributed by atoms with Crippen LogP contribution in [0.2, 0.25) is 5.02 Å². The normalized spacial score (nSPS) is 18.6. The first-order chi connectivity index (χ1) is 15.0. The fourth-order valence-electron chi connectivity index (χ4n) is 4.04. The number of aromatic nitrogens is 2. The molecule has 1 aromatic heterocycles. The second-order valence-corrected chi connectivity index (χ2v) is 8.21. The van der Waals surface area contributed by atoms with Crippen LogP contribution in [-0.4, -0.2) is 33.9 Å². The van der Waals surface area contributed by atoms with Gasteiger partial charge in [0.25, 0.3) is 5.91 Å². The van der Waals surface area contributed by atoms with Crippen LogP contribution in [0.4, 0.5) is 0 Å². The quantitative estimate of drug-likeness (QED) is 0.267. The molecule has 3 aromatic rings. The lowest BCUT2D eigenvalue weighted by molar-refractivity contribution is -0.695. The van der Waals surface area contributed by atoms with Gasteiger partial charge in [0, 0.05) is 23.6 Å². The molecule has 0 bridgehead atoms. The van der Waals surface area contributed by atoms with E-state index in [2.05, 4.69) is 4.98 Å². The van der Waals surface area contributed by atoms with E-state index in [4.69, 9.17) is 11.6 Å². The second kappa shape index (κ2) is 8.86. The molecule has 1 saturated heterocycles. The second-order valence-electron chi connectivity index (χ2n) is 7.77. The summed E-state index contributed by atoms with van der Waals surface area (Å²) in [6, 6.07) is 13.4. The first-order valence-electron chi connectivity index (χ1n) is 10.2. The summed E-state index contributed by atoms with van der Waals surface area (Å²) < 4.78 is 1.97. The zero-order chi connectivity index (χ0) is 22.0. The van der Waals surface area contributed by atoms with Gasteiger partial charge in [-0.2, -0.15) is 0 Å². The predicted octanol–water partition coefficient (Wildman–Crippen LogP) is 3.31. The van der Waals surface area contributed by atoms with Gasteiger partial charge >= 0.3 is 0 Å². The predicted molar refractivity (Wildman–Crippen MR) is 116 cm³/mol. The summed E-state index contributed by atoms with van der Waals surface area (Å²) >= 11 is 5.95. The number of ketones is 2. The zero-order valence-electron chi connectivity index (χ0n) is 17.1. The van der Waals surface area contributed by atoms with Crippen molar-refractivity contribution >= 4 is 29.1 Å². The number of benzene rings is 2. The summed E-state index contributed by atoms with van der Waals surface area (Å²) in [5.74, 6) is -2.68. The van der Waals surface area contributed by atoms with Crippen molar-refractivity contribution < 1.29 is 19.0 Å². The van der Waals surface area contributed by atoms with Gasteiger partial charge in [-0.3, -0.25) is 19.4 Å². The van der Waals surface area contributed by atoms with Crippen molar-refractivity contribution in [2.45, 2.75) is 25.9 Å². The van der Waals surface area contributed by atoms with Crippen LogP contribution in [0.15, 0.2) is 67.3 Å². The Bertz CT molecular complexity index is 1090. The van der Waals surface area contributed by atoms with Crippen LogP contribution in [0, 0.1) is 12.8 Å². The Labute approximate surface area is 185 Å². The highest BCUT2D eigenvalue weighted by molar-refractivity contribution is 6.44. The number of hydrogen-bond donors (Lipinski definition) is 1. The molecule has 2 aromatic carbocycles. The highest BCUT2D eigenvalue weighted by Crippen LogP contribution is 2.38. The van der Waals surface area contributed by atoms with Crippen molar-refractivity contribution in [2.24, 2.45) is 5.92 Å². The number of halogens is 1. The van der Waals surface area contributed by atoms with Crippen LogP contribution in [0.5, 0.6) is 0 Å². The average Bonchev–Trinajstić information content (AvgIpc) is 3.37. The van der Waals surface area contributed by atoms with Gasteiger partial charge in [0.05, 0.1) is 12.6 Å². The lowest BCUT2D eigenvalue weighted by atomic mass is 9.86. The molecular weight excluding hydrogens is 414 g/mol. The van der Waals surface area contributed by atoms with E-state index < -0.39 is 23.7 Å². The Morgan fingerprint density at radius 3 is 2.45 bits per heavy atom. The minimum atomic E-state index is -1.07. The third-order valence-electron chi connectivity index (χ3n) is 5.65. The van der Waals surface area contributed by atoms with Crippen molar-refractivity contribution in [3.05, 3.63) is 89.0 Å². The number of carbonyl (C=O) groups excluding carboxylic acids is 3. The van der Waals surface area contributed by atoms with Gasteiger partial charge in [-0.25, -0.2) is 4.57 Å². The van der Waals surface area contributed by atoms with E-state index in [0.29, 0.717) is 30.1 Å². The molecule has 0 aliphatic carbocycles. The minimum absolute atomic E-state index is 0.358. The van der Waals surface area contributed by atoms with E-state index in [1.807, 2.05) is 54.5 Å². The average molecular weight is 437 g/mol. The van der Waals surface area contributed by atoms with E-state index in [0.717, 1.165) is 11.1 Å². The fourth-order valence-corrected chi connectivity index (χ4v) is 4.17. The Morgan fingerprint density at radius 1 is 1.10 bits per heavy atom. The third kappa shape index (κ3) is 4.30. The summed E-state index contributed by atoms with van der Waals surface area (Å²) in [5, 5.41) is 0.504. The van der Waals surface area contributed by atoms with E-state index in [-0.39, 0.29) is 5.78 Å². The van der Waals surface area contributed by atoms with Crippen LogP contribution < -0.4 is 4.57 Å². The van der Waals surface area contributed by atoms with Gasteiger partial charge in [-0.05, 0) is 36.8 Å². The van der Waals surface area contributed by atoms with E-state index in [1.54, 1.807) is 29.2 Å². The van der Waals surface area contributed by atoms with E-state index >= 15 is 0 Å². The van der Waals surface area contributed by atoms with Crippen LogP contribution in [0.25, 0.3) is 0 Å². The maximum absolute atomic E-state index is 13.3. The lowest BCUT2D eigenvalue weighted by Gasteiger charge is -2.27. The number of nitrogens with one attached hydrogen (secondary N) is 1. The summed E-state index contributed by atoms with van der Waals surface area (Å²) in [7, 11) is 0. The molecule has 6 nitrogen and oxygen atoms in total. The molecule has 2 heterocycles. The van der Waals surface area contributed by atoms with E-state index in [1.165, 1.54) is 0 Å². The number of likely N-dealkylation sites (tertiary alicyclic amines) is 1. The fraction of sp³-hybridized carbons (Fsp3) is 0.250. The molecule has 1 N–H and O–H groups in total. The molecule has 158 valence electrons. The third-order valence-corrected chi connectivity index (χ3v) is 5.91. The number of H-pyrrole nitrogens is 1. The number of Topliss-reactive ketones (excluding diaryl/α,β-unsaturated/α-hetero) is 2. The molecule has 1 aliphatic rings. The van der Waals surface area contributed by atoms with Crippen molar-refractivity contribution in [1.82, 2.24) is 9.88 Å². The number of carbonyl (C=O) groups is 3. The molecule has 1 aliphatic heterocycles. The number of imidazole rings is 1. The molecular formula is C24H23ClN3O3+. The monoisotopic (exact) mass is 436 g/mol. The molecule has 31 heavy (non-hydrogen) atoms. The SMILES string of the molecule is Cc1ccc(C2C(C(=O)c3ccc(Cl)cc3)C(=O)C(=O)N2CCC[n+]2cc[nH]c2)cc1. The first kappa shape index (κ1) is 21.0. The Kier molecular flexibility index (Phi) is 6.00. The van der Waals surface area contributed by atoms with Crippen LogP contribution in [0.3, 0.4) is 0 Å². The summed E-state index contributed by atoms with van der Waals surface area (Å²) in [4.78, 5) is 43.8. The Balaban J connectivity index is 1.65. The molecule has 0 radical (unpaired) electrons. The van der Waals surface area contributed by atoms with Gasteiger partial charge in [0.15, 0.2) is 5.78 Å². The molecule has 2 atom stereocenters. The Morgan fingerprint density at radius 2 is 1.81 bits per heavy atom. The van der Waals surface area contributed by atoms with Crippen LogP contribution in [0.1, 0.15) is 33.9 Å². The van der Waals surface area contributed by atoms with Crippen molar-refractivity contribution in [3.63, 3.8) is 0 Å². The first-order valence-corrected chi connectivity index (χ1v) is 10.6. The van der Waals surface area contributed by atoms with Gasteiger partial charge in [-0.15, -0.1) is 0 Å². The maximum atomic E-state index is 13.3. The maximum Gasteiger partial charge on any atom is 0.291 e. The highest BCUT2D eigenvalue weighted by atomic mass is 35.5. The molecule has 7 heteroatoms. The standard InChI is InChI=1S/C24H22ClN3O3/c1-16-3-5-17(6-4-16)21-20(22(29)18-7-9-19(25)10-8-18)23(30)24(31)28(21)13-2-12-27-14-11-26-15-27/h3-11,14-15,20-21H,2,12-13H2,1H3/p+1. The molecule has 1 amide bonds. The molecule has 0 saturated carbocycles. The molecule has 1 fully saturated rings. The van der Waals surface area contributed by atoms with Gasteiger partial charge < -0.3 is 4.90 Å². The number of aryl methyl sites for hydroxylation is 2. The topological polar surface area (TPSA) is 74.1 Å². The van der Waals surface area contributed by atoms with Crippen molar-refractivity contribution in [2.75, 3.05) is 6.54 Å². The lowest BCUT2D eigenvalue weighted by Crippen LogP contribution is -2.36. The van der Waals surface area contributed by atoms with Crippen LogP contribution >= 0.6 is 11.6 Å². The molecule has 2 unspecified atom stereocenters. The summed E-state index contributed by atoms with van der Waals surface area (Å²) in [5.41, 5.74) is 2.22. The smallest absolute Gasteiger partial charge is 0.291 e. The Hall–Kier alpha value is -3.25. The van der Waals surface area contributed by atoms with Gasteiger partial charge in [-0.1, -0.05) is 41.4 Å². The minimum Gasteiger partial charge on any atom is -0.328 e. The van der Waals surface area contributed by atoms with Gasteiger partial charge in [0.1, 0.15) is 18.3 Å². The number of hydrogen-bond acceptors (Lipinski definition) is 3.